The summed E-state index contributed by atoms with van der Waals surface area (Å²) < 4.78 is 0. The van der Waals surface area contributed by atoms with Crippen LogP contribution in [0.15, 0.2) is 18.5 Å². The monoisotopic (exact) mass is 254 g/mol. The van der Waals surface area contributed by atoms with E-state index in [1.165, 1.54) is 13.3 Å². The van der Waals surface area contributed by atoms with Gasteiger partial charge in [-0.15, -0.1) is 0 Å². The molecule has 1 heterocycles. The van der Waals surface area contributed by atoms with Crippen LogP contribution in [0.1, 0.15) is 12.5 Å². The van der Waals surface area contributed by atoms with E-state index >= 15 is 0 Å². The molecule has 0 saturated heterocycles. The van der Waals surface area contributed by atoms with Gasteiger partial charge in [0.1, 0.15) is 0 Å². The maximum atomic E-state index is 11.0. The Morgan fingerprint density at radius 1 is 1.35 bits per heavy atom. The first-order chi connectivity index (χ1) is 7.58. The number of aryl methyl sites for hydroxylation is 1. The third kappa shape index (κ3) is 3.23. The molecule has 17 heavy (non-hydrogen) atoms. The van der Waals surface area contributed by atoms with Gasteiger partial charge in [0.15, 0.2) is 0 Å². The van der Waals surface area contributed by atoms with Crippen molar-refractivity contribution in [1.82, 2.24) is 9.97 Å². The molecule has 6 heteroatoms. The number of nitrogens with one attached hydrogen (secondary N) is 2. The van der Waals surface area contributed by atoms with Crippen LogP contribution in [-0.4, -0.2) is 15.9 Å². The molecule has 2 N–H and O–H groups in total. The number of benzene rings is 1. The number of rotatable bonds is 1. The zero-order valence-corrected chi connectivity index (χ0v) is 13.2. The minimum absolute atomic E-state index is 0. The summed E-state index contributed by atoms with van der Waals surface area (Å²) in [4.78, 5) is 18.9. The Balaban J connectivity index is 0.00000144. The van der Waals surface area contributed by atoms with Gasteiger partial charge >= 0.3 is 51.4 Å². The standard InChI is InChI=1S/C11H12N4O.K/c1-6-3-10-8(11(12)14-5-13-10)4-9(6)15-7(2)16;/h3-5H,1-2H3,(H3,12,13,14,15,16);/q;+1/p-1. The van der Waals surface area contributed by atoms with Gasteiger partial charge in [-0.25, -0.2) is 0 Å². The first kappa shape index (κ1) is 14.5. The van der Waals surface area contributed by atoms with Crippen molar-refractivity contribution in [3.05, 3.63) is 29.8 Å². The Morgan fingerprint density at radius 2 is 2.06 bits per heavy atom. The Kier molecular flexibility index (Phi) is 5.02. The van der Waals surface area contributed by atoms with Crippen LogP contribution in [0.2, 0.25) is 0 Å². The van der Waals surface area contributed by atoms with E-state index in [2.05, 4.69) is 15.3 Å². The Morgan fingerprint density at radius 3 is 2.71 bits per heavy atom. The minimum Gasteiger partial charge on any atom is -0.481 e. The number of anilines is 1. The normalized spacial score (nSPS) is 9.76. The van der Waals surface area contributed by atoms with Crippen molar-refractivity contribution >= 4 is 28.3 Å². The second kappa shape index (κ2) is 5.88. The van der Waals surface area contributed by atoms with Gasteiger partial charge in [-0.05, 0) is 24.6 Å². The predicted octanol–water partition coefficient (Wildman–Crippen LogP) is -0.416. The van der Waals surface area contributed by atoms with Crippen LogP contribution in [0.4, 0.5) is 11.5 Å². The van der Waals surface area contributed by atoms with E-state index in [9.17, 15) is 4.79 Å². The fraction of sp³-hybridized carbons (Fsp3) is 0.182. The molecule has 2 rings (SSSR count). The molecule has 0 saturated carbocycles. The SMILES string of the molecule is CC(=O)Nc1cc2c([NH-])ncnc2cc1C.[K+]. The zero-order valence-electron chi connectivity index (χ0n) is 10.0. The summed E-state index contributed by atoms with van der Waals surface area (Å²) in [5.41, 5.74) is 9.98. The van der Waals surface area contributed by atoms with Crippen molar-refractivity contribution in [2.75, 3.05) is 5.32 Å². The van der Waals surface area contributed by atoms with Crippen LogP contribution >= 0.6 is 0 Å². The van der Waals surface area contributed by atoms with Gasteiger partial charge in [-0.2, -0.15) is 0 Å². The molecule has 0 aliphatic carbocycles. The van der Waals surface area contributed by atoms with Gasteiger partial charge in [0.25, 0.3) is 0 Å². The van der Waals surface area contributed by atoms with E-state index in [-0.39, 0.29) is 63.1 Å². The van der Waals surface area contributed by atoms with Gasteiger partial charge < -0.3 is 16.0 Å². The van der Waals surface area contributed by atoms with Gasteiger partial charge in [0.05, 0.1) is 5.52 Å². The quantitative estimate of drug-likeness (QED) is 0.702. The smallest absolute Gasteiger partial charge is 0.481 e. The summed E-state index contributed by atoms with van der Waals surface area (Å²) in [6.07, 6.45) is 1.36. The van der Waals surface area contributed by atoms with Crippen molar-refractivity contribution < 1.29 is 56.2 Å². The Hall–Kier alpha value is -0.534. The van der Waals surface area contributed by atoms with Crippen molar-refractivity contribution in [2.24, 2.45) is 0 Å². The number of hydrogen-bond acceptors (Lipinski definition) is 3. The molecule has 0 atom stereocenters. The number of hydrogen-bond donors (Lipinski definition) is 1. The summed E-state index contributed by atoms with van der Waals surface area (Å²) in [5.74, 6) is 0.0300. The van der Waals surface area contributed by atoms with E-state index in [1.807, 2.05) is 13.0 Å². The third-order valence-corrected chi connectivity index (χ3v) is 2.29. The number of carbonyl (C=O) groups is 1. The average molecular weight is 254 g/mol. The number of amides is 1. The summed E-state index contributed by atoms with van der Waals surface area (Å²) in [6, 6.07) is 3.56. The fourth-order valence-electron chi connectivity index (χ4n) is 1.53. The first-order valence-corrected chi connectivity index (χ1v) is 4.82. The maximum Gasteiger partial charge on any atom is 1.00 e. The van der Waals surface area contributed by atoms with Gasteiger partial charge in [-0.3, -0.25) is 9.78 Å². The molecule has 5 nitrogen and oxygen atoms in total. The van der Waals surface area contributed by atoms with Crippen LogP contribution in [0, 0.1) is 6.92 Å². The van der Waals surface area contributed by atoms with E-state index < -0.39 is 0 Å². The molecule has 2 aromatic rings. The molecule has 0 radical (unpaired) electrons. The third-order valence-electron chi connectivity index (χ3n) is 2.29. The summed E-state index contributed by atoms with van der Waals surface area (Å²) in [5, 5.41) is 3.35. The number of aromatic nitrogens is 2. The van der Waals surface area contributed by atoms with Crippen LogP contribution in [0.3, 0.4) is 0 Å². The van der Waals surface area contributed by atoms with Crippen LogP contribution < -0.4 is 56.7 Å². The average Bonchev–Trinajstić information content (AvgIpc) is 2.20. The molecule has 1 aromatic carbocycles. The Labute approximate surface area is 142 Å². The van der Waals surface area contributed by atoms with Crippen LogP contribution in [0.5, 0.6) is 0 Å². The van der Waals surface area contributed by atoms with E-state index in [0.717, 1.165) is 5.56 Å². The van der Waals surface area contributed by atoms with E-state index in [0.29, 0.717) is 16.6 Å². The molecule has 0 bridgehead atoms. The second-order valence-corrected chi connectivity index (χ2v) is 3.59. The van der Waals surface area contributed by atoms with Crippen molar-refractivity contribution in [3.63, 3.8) is 0 Å². The number of nitrogens with zero attached hydrogens (tertiary/aromatic N) is 2. The van der Waals surface area contributed by atoms with Crippen molar-refractivity contribution in [3.8, 4) is 0 Å². The van der Waals surface area contributed by atoms with Gasteiger partial charge in [-0.1, -0.05) is 5.82 Å². The van der Waals surface area contributed by atoms with Crippen LogP contribution in [-0.2, 0) is 4.79 Å². The predicted molar refractivity (Wildman–Crippen MR) is 62.6 cm³/mol. The summed E-state index contributed by atoms with van der Waals surface area (Å²) >= 11 is 0. The van der Waals surface area contributed by atoms with E-state index in [1.54, 1.807) is 6.07 Å². The summed E-state index contributed by atoms with van der Waals surface area (Å²) in [7, 11) is 0. The second-order valence-electron chi connectivity index (χ2n) is 3.59. The largest absolute Gasteiger partial charge is 1.00 e. The molecule has 1 aromatic heterocycles. The molecule has 0 spiro atoms. The first-order valence-electron chi connectivity index (χ1n) is 4.82. The maximum absolute atomic E-state index is 11.0. The molecule has 82 valence electrons. The number of fused-ring (bicyclic) bond motifs is 1. The van der Waals surface area contributed by atoms with Crippen molar-refractivity contribution in [2.45, 2.75) is 13.8 Å². The molecule has 0 aliphatic heterocycles. The van der Waals surface area contributed by atoms with E-state index in [4.69, 9.17) is 5.73 Å². The minimum atomic E-state index is -0.133. The van der Waals surface area contributed by atoms with Gasteiger partial charge in [0, 0.05) is 24.3 Å². The molecule has 0 fully saturated rings. The number of carbonyl (C=O) groups excluding carboxylic acids is 1. The summed E-state index contributed by atoms with van der Waals surface area (Å²) in [6.45, 7) is 3.34. The Bertz CT molecular complexity index is 571. The topological polar surface area (TPSA) is 78.7 Å². The molecule has 0 unspecified atom stereocenters. The van der Waals surface area contributed by atoms with Gasteiger partial charge in [0.2, 0.25) is 5.91 Å². The molecular weight excluding hydrogens is 243 g/mol. The fourth-order valence-corrected chi connectivity index (χ4v) is 1.53. The molecular formula is C11H11KN4O. The van der Waals surface area contributed by atoms with Crippen LogP contribution in [0.25, 0.3) is 16.6 Å². The zero-order chi connectivity index (χ0) is 11.7. The molecule has 1 amide bonds. The molecule has 0 aliphatic rings. The van der Waals surface area contributed by atoms with Crippen molar-refractivity contribution in [1.29, 1.82) is 0 Å².